The number of carbonyl (C=O) groups is 1. The summed E-state index contributed by atoms with van der Waals surface area (Å²) in [6.07, 6.45) is 4.70. The van der Waals surface area contributed by atoms with Crippen LogP contribution < -0.4 is 5.73 Å². The molecule has 0 aromatic carbocycles. The Labute approximate surface area is 80.3 Å². The molecule has 1 saturated heterocycles. The molecule has 1 heterocycles. The third-order valence-corrected chi connectivity index (χ3v) is 2.88. The minimum Gasteiger partial charge on any atom is -0.343 e. The molecule has 0 aliphatic carbocycles. The quantitative estimate of drug-likeness (QED) is 0.711. The minimum absolute atomic E-state index is 0.220. The lowest BCUT2D eigenvalue weighted by atomic mass is 9.92. The fraction of sp³-hybridized carbons (Fsp3) is 0.900. The van der Waals surface area contributed by atoms with Gasteiger partial charge in [-0.3, -0.25) is 4.79 Å². The second-order valence-electron chi connectivity index (χ2n) is 3.88. The van der Waals surface area contributed by atoms with Gasteiger partial charge in [0.25, 0.3) is 0 Å². The summed E-state index contributed by atoms with van der Waals surface area (Å²) in [5.41, 5.74) is 5.46. The summed E-state index contributed by atoms with van der Waals surface area (Å²) < 4.78 is 0. The zero-order chi connectivity index (χ0) is 9.68. The van der Waals surface area contributed by atoms with Crippen LogP contribution in [0.3, 0.4) is 0 Å². The van der Waals surface area contributed by atoms with Crippen molar-refractivity contribution in [2.24, 2.45) is 11.7 Å². The average molecular weight is 184 g/mol. The third kappa shape index (κ3) is 3.35. The van der Waals surface area contributed by atoms with Gasteiger partial charge < -0.3 is 10.6 Å². The Morgan fingerprint density at radius 3 is 2.54 bits per heavy atom. The lowest BCUT2D eigenvalue weighted by molar-refractivity contribution is -0.130. The van der Waals surface area contributed by atoms with Crippen molar-refractivity contribution in [3.05, 3.63) is 0 Å². The summed E-state index contributed by atoms with van der Waals surface area (Å²) in [5.74, 6) is 1.02. The molecule has 1 aliphatic rings. The average Bonchev–Trinajstić information content (AvgIpc) is 2.15. The van der Waals surface area contributed by atoms with Crippen LogP contribution in [0, 0.1) is 5.92 Å². The summed E-state index contributed by atoms with van der Waals surface area (Å²) in [5, 5.41) is 0. The summed E-state index contributed by atoms with van der Waals surface area (Å²) in [6, 6.07) is 0. The van der Waals surface area contributed by atoms with Crippen molar-refractivity contribution in [1.82, 2.24) is 4.90 Å². The second kappa shape index (κ2) is 5.22. The predicted molar refractivity (Wildman–Crippen MR) is 53.3 cm³/mol. The van der Waals surface area contributed by atoms with E-state index in [0.717, 1.165) is 32.0 Å². The maximum absolute atomic E-state index is 11.0. The third-order valence-electron chi connectivity index (χ3n) is 2.88. The molecule has 3 nitrogen and oxygen atoms in total. The normalized spacial score (nSPS) is 19.1. The van der Waals surface area contributed by atoms with Crippen molar-refractivity contribution in [2.75, 3.05) is 19.6 Å². The first kappa shape index (κ1) is 10.5. The highest BCUT2D eigenvalue weighted by atomic mass is 16.2. The Balaban J connectivity index is 2.18. The molecular weight excluding hydrogens is 164 g/mol. The van der Waals surface area contributed by atoms with Gasteiger partial charge in [0.1, 0.15) is 0 Å². The van der Waals surface area contributed by atoms with E-state index in [1.807, 2.05) is 4.90 Å². The van der Waals surface area contributed by atoms with E-state index in [2.05, 4.69) is 0 Å². The molecule has 0 unspecified atom stereocenters. The number of nitrogens with two attached hydrogens (primary N) is 1. The highest BCUT2D eigenvalue weighted by Crippen LogP contribution is 2.21. The van der Waals surface area contributed by atoms with Gasteiger partial charge >= 0.3 is 0 Å². The van der Waals surface area contributed by atoms with Gasteiger partial charge in [-0.05, 0) is 38.1 Å². The first-order valence-corrected chi connectivity index (χ1v) is 5.19. The van der Waals surface area contributed by atoms with Crippen LogP contribution in [0.25, 0.3) is 0 Å². The Morgan fingerprint density at radius 2 is 2.08 bits per heavy atom. The standard InChI is InChI=1S/C10H20N2O/c1-9(13)12-7-4-10(5-8-12)3-2-6-11/h10H,2-8,11H2,1H3. The van der Waals surface area contributed by atoms with E-state index < -0.39 is 0 Å². The van der Waals surface area contributed by atoms with Crippen LogP contribution in [0.1, 0.15) is 32.6 Å². The summed E-state index contributed by atoms with van der Waals surface area (Å²) in [7, 11) is 0. The van der Waals surface area contributed by atoms with Crippen LogP contribution in [-0.2, 0) is 4.79 Å². The number of amides is 1. The monoisotopic (exact) mass is 184 g/mol. The number of likely N-dealkylation sites (tertiary alicyclic amines) is 1. The molecule has 76 valence electrons. The molecule has 0 spiro atoms. The maximum atomic E-state index is 11.0. The number of carbonyl (C=O) groups excluding carboxylic acids is 1. The van der Waals surface area contributed by atoms with E-state index in [0.29, 0.717) is 0 Å². The fourth-order valence-electron chi connectivity index (χ4n) is 1.94. The Bertz CT molecular complexity index is 162. The van der Waals surface area contributed by atoms with Crippen molar-refractivity contribution in [2.45, 2.75) is 32.6 Å². The van der Waals surface area contributed by atoms with Crippen molar-refractivity contribution in [3.63, 3.8) is 0 Å². The van der Waals surface area contributed by atoms with Gasteiger partial charge in [0, 0.05) is 20.0 Å². The SMILES string of the molecule is CC(=O)N1CCC(CCCN)CC1. The van der Waals surface area contributed by atoms with E-state index in [1.165, 1.54) is 19.3 Å². The molecule has 1 amide bonds. The fourth-order valence-corrected chi connectivity index (χ4v) is 1.94. The highest BCUT2D eigenvalue weighted by molar-refractivity contribution is 5.73. The van der Waals surface area contributed by atoms with Gasteiger partial charge in [-0.2, -0.15) is 0 Å². The largest absolute Gasteiger partial charge is 0.343 e. The lowest BCUT2D eigenvalue weighted by Crippen LogP contribution is -2.37. The van der Waals surface area contributed by atoms with E-state index >= 15 is 0 Å². The first-order valence-electron chi connectivity index (χ1n) is 5.19. The minimum atomic E-state index is 0.220. The topological polar surface area (TPSA) is 46.3 Å². The Kier molecular flexibility index (Phi) is 4.22. The first-order chi connectivity index (χ1) is 6.24. The van der Waals surface area contributed by atoms with Crippen LogP contribution in [-0.4, -0.2) is 30.4 Å². The number of piperidine rings is 1. The molecule has 0 saturated carbocycles. The van der Waals surface area contributed by atoms with Crippen LogP contribution in [0.15, 0.2) is 0 Å². The maximum Gasteiger partial charge on any atom is 0.219 e. The van der Waals surface area contributed by atoms with Gasteiger partial charge in [-0.1, -0.05) is 0 Å². The van der Waals surface area contributed by atoms with Crippen molar-refractivity contribution >= 4 is 5.91 Å². The Hall–Kier alpha value is -0.570. The molecule has 1 aliphatic heterocycles. The van der Waals surface area contributed by atoms with Crippen LogP contribution in [0.5, 0.6) is 0 Å². The summed E-state index contributed by atoms with van der Waals surface area (Å²) in [4.78, 5) is 13.0. The van der Waals surface area contributed by atoms with Gasteiger partial charge in [0.15, 0.2) is 0 Å². The van der Waals surface area contributed by atoms with E-state index in [-0.39, 0.29) is 5.91 Å². The number of rotatable bonds is 3. The molecule has 0 aromatic rings. The predicted octanol–water partition coefficient (Wildman–Crippen LogP) is 0.984. The molecule has 0 bridgehead atoms. The van der Waals surface area contributed by atoms with E-state index in [1.54, 1.807) is 6.92 Å². The smallest absolute Gasteiger partial charge is 0.219 e. The molecular formula is C10H20N2O. The van der Waals surface area contributed by atoms with Gasteiger partial charge in [0.2, 0.25) is 5.91 Å². The van der Waals surface area contributed by atoms with Gasteiger partial charge in [-0.15, -0.1) is 0 Å². The van der Waals surface area contributed by atoms with Gasteiger partial charge in [-0.25, -0.2) is 0 Å². The number of hydrogen-bond donors (Lipinski definition) is 1. The number of hydrogen-bond acceptors (Lipinski definition) is 2. The zero-order valence-corrected chi connectivity index (χ0v) is 8.46. The summed E-state index contributed by atoms with van der Waals surface area (Å²) >= 11 is 0. The van der Waals surface area contributed by atoms with E-state index in [9.17, 15) is 4.79 Å². The zero-order valence-electron chi connectivity index (χ0n) is 8.46. The second-order valence-corrected chi connectivity index (χ2v) is 3.88. The highest BCUT2D eigenvalue weighted by Gasteiger charge is 2.19. The molecule has 0 radical (unpaired) electrons. The molecule has 0 atom stereocenters. The Morgan fingerprint density at radius 1 is 1.46 bits per heavy atom. The van der Waals surface area contributed by atoms with Crippen molar-refractivity contribution in [3.8, 4) is 0 Å². The van der Waals surface area contributed by atoms with E-state index in [4.69, 9.17) is 5.73 Å². The van der Waals surface area contributed by atoms with Crippen LogP contribution >= 0.6 is 0 Å². The molecule has 0 aromatic heterocycles. The van der Waals surface area contributed by atoms with Crippen LogP contribution in [0.4, 0.5) is 0 Å². The summed E-state index contributed by atoms with van der Waals surface area (Å²) in [6.45, 7) is 4.35. The van der Waals surface area contributed by atoms with Crippen molar-refractivity contribution < 1.29 is 4.79 Å². The molecule has 1 rings (SSSR count). The van der Waals surface area contributed by atoms with Crippen LogP contribution in [0.2, 0.25) is 0 Å². The number of nitrogens with zero attached hydrogens (tertiary/aromatic N) is 1. The molecule has 1 fully saturated rings. The molecule has 13 heavy (non-hydrogen) atoms. The lowest BCUT2D eigenvalue weighted by Gasteiger charge is -2.31. The van der Waals surface area contributed by atoms with Crippen molar-refractivity contribution in [1.29, 1.82) is 0 Å². The molecule has 3 heteroatoms. The molecule has 2 N–H and O–H groups in total. The van der Waals surface area contributed by atoms with Gasteiger partial charge in [0.05, 0.1) is 0 Å².